The number of fused-ring (bicyclic) bond motifs is 1. The summed E-state index contributed by atoms with van der Waals surface area (Å²) in [5.74, 6) is -0.258. The molecule has 1 unspecified atom stereocenters. The molecule has 0 radical (unpaired) electrons. The molecule has 1 aromatic heterocycles. The van der Waals surface area contributed by atoms with Crippen LogP contribution in [0.5, 0.6) is 0 Å². The minimum Gasteiger partial charge on any atom is -0.320 e. The van der Waals surface area contributed by atoms with Gasteiger partial charge < -0.3 is 11.1 Å². The molecule has 1 aliphatic rings. The lowest BCUT2D eigenvalue weighted by atomic mass is 10.1. The van der Waals surface area contributed by atoms with Crippen LogP contribution in [-0.2, 0) is 17.6 Å². The molecular formula is C13H15N3OS. The maximum absolute atomic E-state index is 11.8. The van der Waals surface area contributed by atoms with Crippen LogP contribution in [-0.4, -0.2) is 11.9 Å². The molecule has 1 amide bonds. The molecule has 1 aromatic rings. The van der Waals surface area contributed by atoms with Crippen LogP contribution in [0.2, 0.25) is 0 Å². The number of thiophene rings is 1. The molecule has 5 heteroatoms. The Morgan fingerprint density at radius 3 is 3.11 bits per heavy atom. The number of carbonyl (C=O) groups excluding carboxylic acids is 1. The molecule has 1 atom stereocenters. The van der Waals surface area contributed by atoms with Gasteiger partial charge in [0.15, 0.2) is 0 Å². The SMILES string of the molecule is C=CCC(N)C(=O)Nc1sc2c(c1C#N)CCC2. The van der Waals surface area contributed by atoms with Gasteiger partial charge >= 0.3 is 0 Å². The van der Waals surface area contributed by atoms with Gasteiger partial charge in [0.1, 0.15) is 11.1 Å². The largest absolute Gasteiger partial charge is 0.320 e. The van der Waals surface area contributed by atoms with Crippen molar-refractivity contribution >= 4 is 22.2 Å². The van der Waals surface area contributed by atoms with Crippen molar-refractivity contribution < 1.29 is 4.79 Å². The van der Waals surface area contributed by atoms with Gasteiger partial charge in [-0.05, 0) is 31.2 Å². The summed E-state index contributed by atoms with van der Waals surface area (Å²) in [5, 5.41) is 12.6. The zero-order chi connectivity index (χ0) is 13.1. The second-order valence-corrected chi connectivity index (χ2v) is 5.40. The number of nitrogens with zero attached hydrogens (tertiary/aromatic N) is 1. The third-order valence-electron chi connectivity index (χ3n) is 3.03. The van der Waals surface area contributed by atoms with Gasteiger partial charge in [-0.3, -0.25) is 4.79 Å². The average Bonchev–Trinajstić information content (AvgIpc) is 2.89. The van der Waals surface area contributed by atoms with Crippen LogP contribution in [0.15, 0.2) is 12.7 Å². The summed E-state index contributed by atoms with van der Waals surface area (Å²) in [6.45, 7) is 3.55. The molecular weight excluding hydrogens is 246 g/mol. The van der Waals surface area contributed by atoms with Crippen molar-refractivity contribution in [3.8, 4) is 6.07 Å². The second-order valence-electron chi connectivity index (χ2n) is 4.29. The van der Waals surface area contributed by atoms with Crippen LogP contribution in [0, 0.1) is 11.3 Å². The van der Waals surface area contributed by atoms with Crippen molar-refractivity contribution in [3.05, 3.63) is 28.7 Å². The van der Waals surface area contributed by atoms with Gasteiger partial charge in [-0.25, -0.2) is 0 Å². The third-order valence-corrected chi connectivity index (χ3v) is 4.23. The molecule has 0 saturated heterocycles. The summed E-state index contributed by atoms with van der Waals surface area (Å²) in [4.78, 5) is 13.0. The lowest BCUT2D eigenvalue weighted by Crippen LogP contribution is -2.35. The number of nitrogens with one attached hydrogen (secondary N) is 1. The van der Waals surface area contributed by atoms with E-state index in [1.54, 1.807) is 6.08 Å². The Kier molecular flexibility index (Phi) is 3.80. The molecule has 18 heavy (non-hydrogen) atoms. The lowest BCUT2D eigenvalue weighted by Gasteiger charge is -2.09. The third kappa shape index (κ3) is 2.30. The maximum atomic E-state index is 11.8. The molecule has 0 spiro atoms. The van der Waals surface area contributed by atoms with E-state index in [2.05, 4.69) is 18.0 Å². The zero-order valence-corrected chi connectivity index (χ0v) is 10.8. The fourth-order valence-corrected chi connectivity index (χ4v) is 3.34. The summed E-state index contributed by atoms with van der Waals surface area (Å²) in [6, 6.07) is 1.58. The van der Waals surface area contributed by atoms with E-state index in [1.807, 2.05) is 0 Å². The van der Waals surface area contributed by atoms with Gasteiger partial charge in [0.05, 0.1) is 11.6 Å². The number of nitriles is 1. The predicted octanol–water partition coefficient (Wildman–Crippen LogP) is 1.95. The summed E-state index contributed by atoms with van der Waals surface area (Å²) in [7, 11) is 0. The molecule has 0 fully saturated rings. The number of aryl methyl sites for hydroxylation is 1. The number of rotatable bonds is 4. The normalized spacial score (nSPS) is 14.7. The van der Waals surface area contributed by atoms with Crippen molar-refractivity contribution in [1.29, 1.82) is 5.26 Å². The molecule has 0 aromatic carbocycles. The van der Waals surface area contributed by atoms with Crippen molar-refractivity contribution in [2.24, 2.45) is 5.73 Å². The monoisotopic (exact) mass is 261 g/mol. The highest BCUT2D eigenvalue weighted by Gasteiger charge is 2.24. The highest BCUT2D eigenvalue weighted by atomic mass is 32.1. The van der Waals surface area contributed by atoms with Gasteiger partial charge in [0, 0.05) is 4.88 Å². The molecule has 3 N–H and O–H groups in total. The van der Waals surface area contributed by atoms with Crippen molar-refractivity contribution in [1.82, 2.24) is 0 Å². The first-order chi connectivity index (χ1) is 8.67. The summed E-state index contributed by atoms with van der Waals surface area (Å²) >= 11 is 1.50. The highest BCUT2D eigenvalue weighted by molar-refractivity contribution is 7.16. The van der Waals surface area contributed by atoms with Gasteiger partial charge in [-0.15, -0.1) is 17.9 Å². The van der Waals surface area contributed by atoms with Crippen LogP contribution >= 0.6 is 11.3 Å². The molecule has 0 bridgehead atoms. The minimum atomic E-state index is -0.606. The van der Waals surface area contributed by atoms with Crippen molar-refractivity contribution in [2.75, 3.05) is 5.32 Å². The first-order valence-electron chi connectivity index (χ1n) is 5.89. The number of hydrogen-bond donors (Lipinski definition) is 2. The Morgan fingerprint density at radius 1 is 1.67 bits per heavy atom. The van der Waals surface area contributed by atoms with Crippen LogP contribution in [0.25, 0.3) is 0 Å². The Morgan fingerprint density at radius 2 is 2.44 bits per heavy atom. The number of carbonyl (C=O) groups is 1. The van der Waals surface area contributed by atoms with Gasteiger partial charge in [0.25, 0.3) is 0 Å². The van der Waals surface area contributed by atoms with Crippen LogP contribution in [0.3, 0.4) is 0 Å². The van der Waals surface area contributed by atoms with E-state index in [-0.39, 0.29) is 5.91 Å². The Labute approximate surface area is 110 Å². The molecule has 0 saturated carbocycles. The zero-order valence-electron chi connectivity index (χ0n) is 10.0. The molecule has 1 heterocycles. The van der Waals surface area contributed by atoms with E-state index in [1.165, 1.54) is 16.2 Å². The fourth-order valence-electron chi connectivity index (χ4n) is 2.10. The highest BCUT2D eigenvalue weighted by Crippen LogP contribution is 2.38. The quantitative estimate of drug-likeness (QED) is 0.813. The van der Waals surface area contributed by atoms with Gasteiger partial charge in [0.2, 0.25) is 5.91 Å². The first kappa shape index (κ1) is 12.8. The van der Waals surface area contributed by atoms with E-state index in [4.69, 9.17) is 5.73 Å². The van der Waals surface area contributed by atoms with Crippen molar-refractivity contribution in [2.45, 2.75) is 31.7 Å². The topological polar surface area (TPSA) is 78.9 Å². The molecule has 94 valence electrons. The van der Waals surface area contributed by atoms with E-state index in [9.17, 15) is 10.1 Å². The number of nitrogens with two attached hydrogens (primary N) is 1. The number of hydrogen-bond acceptors (Lipinski definition) is 4. The average molecular weight is 261 g/mol. The minimum absolute atomic E-state index is 0.258. The van der Waals surface area contributed by atoms with Crippen LogP contribution < -0.4 is 11.1 Å². The predicted molar refractivity (Wildman–Crippen MR) is 72.5 cm³/mol. The lowest BCUT2D eigenvalue weighted by molar-refractivity contribution is -0.117. The van der Waals surface area contributed by atoms with E-state index in [0.29, 0.717) is 17.0 Å². The van der Waals surface area contributed by atoms with Gasteiger partial charge in [-0.2, -0.15) is 5.26 Å². The van der Waals surface area contributed by atoms with Crippen LogP contribution in [0.4, 0.5) is 5.00 Å². The molecule has 2 rings (SSSR count). The maximum Gasteiger partial charge on any atom is 0.242 e. The molecule has 0 aliphatic heterocycles. The summed E-state index contributed by atoms with van der Waals surface area (Å²) < 4.78 is 0. The van der Waals surface area contributed by atoms with E-state index in [0.717, 1.165) is 24.8 Å². The first-order valence-corrected chi connectivity index (χ1v) is 6.71. The Bertz CT molecular complexity index is 527. The number of amides is 1. The van der Waals surface area contributed by atoms with E-state index >= 15 is 0 Å². The summed E-state index contributed by atoms with van der Waals surface area (Å²) in [5.41, 5.74) is 7.42. The van der Waals surface area contributed by atoms with Crippen molar-refractivity contribution in [3.63, 3.8) is 0 Å². The Balaban J connectivity index is 2.18. The Hall–Kier alpha value is -1.64. The summed E-state index contributed by atoms with van der Waals surface area (Å²) in [6.07, 6.45) is 5.08. The number of anilines is 1. The second kappa shape index (κ2) is 5.34. The van der Waals surface area contributed by atoms with E-state index < -0.39 is 6.04 Å². The molecule has 4 nitrogen and oxygen atoms in total. The molecule has 1 aliphatic carbocycles. The van der Waals surface area contributed by atoms with Crippen LogP contribution in [0.1, 0.15) is 28.8 Å². The standard InChI is InChI=1S/C13H15N3OS/c1-2-4-10(15)12(17)16-13-9(7-14)8-5-3-6-11(8)18-13/h2,10H,1,3-6,15H2,(H,16,17). The fraction of sp³-hybridized carbons (Fsp3) is 0.385. The van der Waals surface area contributed by atoms with Gasteiger partial charge in [-0.1, -0.05) is 6.08 Å². The smallest absolute Gasteiger partial charge is 0.242 e.